The Morgan fingerprint density at radius 1 is 1.67 bits per heavy atom. The zero-order valence-corrected chi connectivity index (χ0v) is 10.7. The second-order valence-corrected chi connectivity index (χ2v) is 4.48. The molecule has 0 amide bonds. The van der Waals surface area contributed by atoms with Gasteiger partial charge in [-0.2, -0.15) is 0 Å². The monoisotopic (exact) mass is 250 g/mol. The topological polar surface area (TPSA) is 60.5 Å². The van der Waals surface area contributed by atoms with Crippen LogP contribution in [0, 0.1) is 5.92 Å². The molecule has 2 atom stereocenters. The van der Waals surface area contributed by atoms with Gasteiger partial charge in [-0.25, -0.2) is 9.78 Å². The second kappa shape index (κ2) is 5.82. The highest BCUT2D eigenvalue weighted by atomic mass is 16.5. The van der Waals surface area contributed by atoms with Gasteiger partial charge in [0.1, 0.15) is 5.82 Å². The Bertz CT molecular complexity index is 416. The van der Waals surface area contributed by atoms with E-state index in [2.05, 4.69) is 22.0 Å². The van der Waals surface area contributed by atoms with Crippen molar-refractivity contribution in [2.75, 3.05) is 25.6 Å². The molecule has 1 aliphatic rings. The SMILES string of the molecule is COC(=O)c1ccnc(NC(C)C2CCOC2)c1. The second-order valence-electron chi connectivity index (χ2n) is 4.48. The van der Waals surface area contributed by atoms with Crippen LogP contribution < -0.4 is 5.32 Å². The van der Waals surface area contributed by atoms with Crippen LogP contribution in [0.25, 0.3) is 0 Å². The highest BCUT2D eigenvalue weighted by Gasteiger charge is 2.22. The molecule has 2 heterocycles. The first-order chi connectivity index (χ1) is 8.70. The lowest BCUT2D eigenvalue weighted by Gasteiger charge is -2.19. The van der Waals surface area contributed by atoms with Gasteiger partial charge < -0.3 is 14.8 Å². The molecule has 1 N–H and O–H groups in total. The molecule has 1 aromatic rings. The molecule has 1 saturated heterocycles. The van der Waals surface area contributed by atoms with Crippen molar-refractivity contribution in [1.82, 2.24) is 4.98 Å². The number of methoxy groups -OCH3 is 1. The van der Waals surface area contributed by atoms with Gasteiger partial charge in [-0.15, -0.1) is 0 Å². The molecular weight excluding hydrogens is 232 g/mol. The van der Waals surface area contributed by atoms with E-state index in [-0.39, 0.29) is 12.0 Å². The van der Waals surface area contributed by atoms with Crippen LogP contribution in [-0.2, 0) is 9.47 Å². The molecule has 2 unspecified atom stereocenters. The molecule has 2 rings (SSSR count). The molecule has 0 bridgehead atoms. The number of anilines is 1. The van der Waals surface area contributed by atoms with Gasteiger partial charge in [0.05, 0.1) is 19.3 Å². The number of esters is 1. The maximum absolute atomic E-state index is 11.4. The van der Waals surface area contributed by atoms with Crippen LogP contribution in [0.1, 0.15) is 23.7 Å². The normalized spacial score (nSPS) is 20.4. The molecular formula is C13H18N2O3. The van der Waals surface area contributed by atoms with E-state index in [9.17, 15) is 4.79 Å². The minimum atomic E-state index is -0.350. The molecule has 0 saturated carbocycles. The number of carbonyl (C=O) groups is 1. The Kier molecular flexibility index (Phi) is 4.15. The maximum Gasteiger partial charge on any atom is 0.338 e. The van der Waals surface area contributed by atoms with Crippen LogP contribution in [0.5, 0.6) is 0 Å². The zero-order valence-electron chi connectivity index (χ0n) is 10.7. The lowest BCUT2D eigenvalue weighted by Crippen LogP contribution is -2.26. The molecule has 98 valence electrons. The first-order valence-electron chi connectivity index (χ1n) is 6.09. The minimum absolute atomic E-state index is 0.271. The van der Waals surface area contributed by atoms with Crippen molar-refractivity contribution >= 4 is 11.8 Å². The molecule has 0 aromatic carbocycles. The van der Waals surface area contributed by atoms with Gasteiger partial charge in [0, 0.05) is 24.8 Å². The lowest BCUT2D eigenvalue weighted by molar-refractivity contribution is 0.0600. The number of aromatic nitrogens is 1. The number of pyridine rings is 1. The van der Waals surface area contributed by atoms with Crippen molar-refractivity contribution in [2.24, 2.45) is 5.92 Å². The summed E-state index contributed by atoms with van der Waals surface area (Å²) in [4.78, 5) is 15.6. The van der Waals surface area contributed by atoms with Crippen LogP contribution >= 0.6 is 0 Å². The van der Waals surface area contributed by atoms with E-state index in [0.29, 0.717) is 17.3 Å². The number of ether oxygens (including phenoxy) is 2. The maximum atomic E-state index is 11.4. The summed E-state index contributed by atoms with van der Waals surface area (Å²) in [6.07, 6.45) is 2.66. The third-order valence-electron chi connectivity index (χ3n) is 3.23. The van der Waals surface area contributed by atoms with E-state index in [0.717, 1.165) is 19.6 Å². The van der Waals surface area contributed by atoms with Gasteiger partial charge in [-0.1, -0.05) is 0 Å². The summed E-state index contributed by atoms with van der Waals surface area (Å²) in [6, 6.07) is 3.62. The number of hydrogen-bond donors (Lipinski definition) is 1. The Morgan fingerprint density at radius 2 is 2.50 bits per heavy atom. The van der Waals surface area contributed by atoms with Crippen molar-refractivity contribution in [3.05, 3.63) is 23.9 Å². The van der Waals surface area contributed by atoms with Gasteiger partial charge in [-0.05, 0) is 25.5 Å². The number of rotatable bonds is 4. The van der Waals surface area contributed by atoms with Crippen molar-refractivity contribution in [3.8, 4) is 0 Å². The summed E-state index contributed by atoms with van der Waals surface area (Å²) in [5, 5.41) is 3.30. The van der Waals surface area contributed by atoms with Crippen LogP contribution in [-0.4, -0.2) is 37.3 Å². The first kappa shape index (κ1) is 12.8. The summed E-state index contributed by atoms with van der Waals surface area (Å²) in [5.41, 5.74) is 0.505. The zero-order chi connectivity index (χ0) is 13.0. The van der Waals surface area contributed by atoms with Crippen molar-refractivity contribution in [1.29, 1.82) is 0 Å². The number of hydrogen-bond acceptors (Lipinski definition) is 5. The molecule has 5 nitrogen and oxygen atoms in total. The fraction of sp³-hybridized carbons (Fsp3) is 0.538. The third kappa shape index (κ3) is 2.98. The van der Waals surface area contributed by atoms with Crippen LogP contribution in [0.15, 0.2) is 18.3 Å². The number of nitrogens with zero attached hydrogens (tertiary/aromatic N) is 1. The van der Waals surface area contributed by atoms with Crippen molar-refractivity contribution in [3.63, 3.8) is 0 Å². The van der Waals surface area contributed by atoms with E-state index in [1.165, 1.54) is 7.11 Å². The summed E-state index contributed by atoms with van der Waals surface area (Å²) >= 11 is 0. The summed E-state index contributed by atoms with van der Waals surface area (Å²) < 4.78 is 10.0. The molecule has 5 heteroatoms. The lowest BCUT2D eigenvalue weighted by atomic mass is 10.0. The molecule has 0 aliphatic carbocycles. The van der Waals surface area contributed by atoms with Crippen molar-refractivity contribution < 1.29 is 14.3 Å². The van der Waals surface area contributed by atoms with E-state index < -0.39 is 0 Å². The molecule has 1 fully saturated rings. The van der Waals surface area contributed by atoms with E-state index in [1.54, 1.807) is 18.3 Å². The average molecular weight is 250 g/mol. The predicted molar refractivity (Wildman–Crippen MR) is 67.6 cm³/mol. The van der Waals surface area contributed by atoms with Gasteiger partial charge in [-0.3, -0.25) is 0 Å². The molecule has 0 spiro atoms. The standard InChI is InChI=1S/C13H18N2O3/c1-9(11-4-6-18-8-11)15-12-7-10(3-5-14-12)13(16)17-2/h3,5,7,9,11H,4,6,8H2,1-2H3,(H,14,15). The van der Waals surface area contributed by atoms with E-state index >= 15 is 0 Å². The summed E-state index contributed by atoms with van der Waals surface area (Å²) in [6.45, 7) is 3.71. The molecule has 1 aromatic heterocycles. The Balaban J connectivity index is 2.02. The summed E-state index contributed by atoms with van der Waals surface area (Å²) in [5.74, 6) is 0.836. The largest absolute Gasteiger partial charge is 0.465 e. The van der Waals surface area contributed by atoms with E-state index in [4.69, 9.17) is 4.74 Å². The summed E-state index contributed by atoms with van der Waals surface area (Å²) in [7, 11) is 1.37. The Labute approximate surface area is 107 Å². The van der Waals surface area contributed by atoms with Gasteiger partial charge in [0.15, 0.2) is 0 Å². The average Bonchev–Trinajstić information content (AvgIpc) is 2.92. The van der Waals surface area contributed by atoms with Crippen LogP contribution in [0.4, 0.5) is 5.82 Å². The Morgan fingerprint density at radius 3 is 3.17 bits per heavy atom. The van der Waals surface area contributed by atoms with Crippen LogP contribution in [0.3, 0.4) is 0 Å². The Hall–Kier alpha value is -1.62. The van der Waals surface area contributed by atoms with Gasteiger partial charge in [0.25, 0.3) is 0 Å². The van der Waals surface area contributed by atoms with Crippen LogP contribution in [0.2, 0.25) is 0 Å². The fourth-order valence-corrected chi connectivity index (χ4v) is 2.05. The number of nitrogens with one attached hydrogen (secondary N) is 1. The highest BCUT2D eigenvalue weighted by molar-refractivity contribution is 5.89. The predicted octanol–water partition coefficient (Wildman–Crippen LogP) is 1.71. The fourth-order valence-electron chi connectivity index (χ4n) is 2.05. The highest BCUT2D eigenvalue weighted by Crippen LogP contribution is 2.19. The van der Waals surface area contributed by atoms with Gasteiger partial charge >= 0.3 is 5.97 Å². The van der Waals surface area contributed by atoms with E-state index in [1.807, 2.05) is 0 Å². The smallest absolute Gasteiger partial charge is 0.338 e. The minimum Gasteiger partial charge on any atom is -0.465 e. The third-order valence-corrected chi connectivity index (χ3v) is 3.23. The first-order valence-corrected chi connectivity index (χ1v) is 6.09. The molecule has 0 radical (unpaired) electrons. The van der Waals surface area contributed by atoms with Crippen molar-refractivity contribution in [2.45, 2.75) is 19.4 Å². The quantitative estimate of drug-likeness (QED) is 0.824. The van der Waals surface area contributed by atoms with Gasteiger partial charge in [0.2, 0.25) is 0 Å². The number of carbonyl (C=O) groups excluding carboxylic acids is 1. The molecule has 1 aliphatic heterocycles. The molecule has 18 heavy (non-hydrogen) atoms.